The Morgan fingerprint density at radius 2 is 1.88 bits per heavy atom. The zero-order chi connectivity index (χ0) is 17.9. The van der Waals surface area contributed by atoms with Crippen LogP contribution in [0.5, 0.6) is 0 Å². The van der Waals surface area contributed by atoms with Crippen LogP contribution >= 0.6 is 0 Å². The molecule has 0 saturated carbocycles. The fourth-order valence-electron chi connectivity index (χ4n) is 3.05. The number of carbonyl (C=O) groups is 1. The predicted molar refractivity (Wildman–Crippen MR) is 97.3 cm³/mol. The predicted octanol–water partition coefficient (Wildman–Crippen LogP) is 1.86. The molecule has 0 bridgehead atoms. The highest BCUT2D eigenvalue weighted by molar-refractivity contribution is 5.78. The molecule has 1 saturated heterocycles. The first-order valence-electron chi connectivity index (χ1n) is 8.81. The zero-order valence-electron chi connectivity index (χ0n) is 15.9. The monoisotopic (exact) mass is 333 g/mol. The summed E-state index contributed by atoms with van der Waals surface area (Å²) >= 11 is 0. The normalized spacial score (nSPS) is 16.1. The lowest BCUT2D eigenvalue weighted by Gasteiger charge is -2.38. The van der Waals surface area contributed by atoms with Gasteiger partial charge < -0.3 is 9.80 Å². The molecule has 6 nitrogen and oxygen atoms in total. The molecule has 1 aliphatic rings. The molecule has 0 spiro atoms. The van der Waals surface area contributed by atoms with Crippen molar-refractivity contribution in [3.63, 3.8) is 0 Å². The molecule has 1 amide bonds. The summed E-state index contributed by atoms with van der Waals surface area (Å²) in [6.45, 7) is 10.5. The fraction of sp³-hybridized carbons (Fsp3) is 0.722. The fourth-order valence-corrected chi connectivity index (χ4v) is 3.05. The summed E-state index contributed by atoms with van der Waals surface area (Å²) in [5.74, 6) is 2.03. The van der Waals surface area contributed by atoms with E-state index in [9.17, 15) is 4.79 Å². The van der Waals surface area contributed by atoms with Crippen LogP contribution in [0.1, 0.15) is 38.2 Å². The van der Waals surface area contributed by atoms with E-state index in [2.05, 4.69) is 33.6 Å². The lowest BCUT2D eigenvalue weighted by molar-refractivity contribution is -0.133. The van der Waals surface area contributed by atoms with Gasteiger partial charge in [-0.2, -0.15) is 0 Å². The topological polar surface area (TPSA) is 52.6 Å². The van der Waals surface area contributed by atoms with E-state index in [4.69, 9.17) is 0 Å². The van der Waals surface area contributed by atoms with E-state index < -0.39 is 0 Å². The van der Waals surface area contributed by atoms with Crippen LogP contribution in [-0.4, -0.2) is 71.5 Å². The van der Waals surface area contributed by atoms with E-state index in [0.29, 0.717) is 18.6 Å². The number of rotatable bonds is 5. The van der Waals surface area contributed by atoms with Gasteiger partial charge in [-0.25, -0.2) is 9.97 Å². The average molecular weight is 333 g/mol. The molecule has 2 rings (SSSR count). The highest BCUT2D eigenvalue weighted by atomic mass is 16.2. The molecule has 1 aromatic heterocycles. The number of nitrogens with zero attached hydrogens (tertiary/aromatic N) is 5. The van der Waals surface area contributed by atoms with Crippen molar-refractivity contribution in [3.8, 4) is 0 Å². The highest BCUT2D eigenvalue weighted by Gasteiger charge is 2.26. The Morgan fingerprint density at radius 1 is 1.25 bits per heavy atom. The van der Waals surface area contributed by atoms with Gasteiger partial charge in [0.2, 0.25) is 5.91 Å². The van der Waals surface area contributed by atoms with E-state index in [0.717, 1.165) is 43.3 Å². The third-order valence-electron chi connectivity index (χ3n) is 4.95. The van der Waals surface area contributed by atoms with Crippen molar-refractivity contribution in [2.75, 3.05) is 38.6 Å². The number of piperidine rings is 1. The lowest BCUT2D eigenvalue weighted by atomic mass is 10.0. The van der Waals surface area contributed by atoms with Crippen molar-refractivity contribution in [1.29, 1.82) is 0 Å². The zero-order valence-corrected chi connectivity index (χ0v) is 15.9. The Morgan fingerprint density at radius 3 is 2.42 bits per heavy atom. The van der Waals surface area contributed by atoms with Crippen LogP contribution in [0.4, 0.5) is 5.82 Å². The van der Waals surface area contributed by atoms with E-state index in [1.54, 1.807) is 0 Å². The largest absolute Gasteiger partial charge is 0.356 e. The van der Waals surface area contributed by atoms with Crippen LogP contribution in [0.2, 0.25) is 0 Å². The molecule has 1 aliphatic heterocycles. The average Bonchev–Trinajstić information content (AvgIpc) is 2.53. The summed E-state index contributed by atoms with van der Waals surface area (Å²) in [5.41, 5.74) is 1.00. The van der Waals surface area contributed by atoms with E-state index in [1.165, 1.54) is 0 Å². The maximum Gasteiger partial charge on any atom is 0.236 e. The van der Waals surface area contributed by atoms with Crippen molar-refractivity contribution in [3.05, 3.63) is 17.6 Å². The van der Waals surface area contributed by atoms with Gasteiger partial charge in [-0.3, -0.25) is 9.69 Å². The van der Waals surface area contributed by atoms with Crippen LogP contribution in [0.15, 0.2) is 6.07 Å². The molecule has 2 heterocycles. The maximum absolute atomic E-state index is 12.4. The van der Waals surface area contributed by atoms with Crippen LogP contribution in [0.3, 0.4) is 0 Å². The van der Waals surface area contributed by atoms with Crippen molar-refractivity contribution in [2.24, 2.45) is 0 Å². The first-order valence-corrected chi connectivity index (χ1v) is 8.81. The summed E-state index contributed by atoms with van der Waals surface area (Å²) in [5, 5.41) is 0. The number of hydrogen-bond donors (Lipinski definition) is 0. The van der Waals surface area contributed by atoms with Crippen molar-refractivity contribution in [1.82, 2.24) is 19.8 Å². The molecule has 0 N–H and O–H groups in total. The van der Waals surface area contributed by atoms with Gasteiger partial charge in [0.25, 0.3) is 0 Å². The van der Waals surface area contributed by atoms with Gasteiger partial charge in [0.15, 0.2) is 0 Å². The maximum atomic E-state index is 12.4. The lowest BCUT2D eigenvalue weighted by Crippen LogP contribution is -2.48. The Bertz CT molecular complexity index is 546. The van der Waals surface area contributed by atoms with Crippen molar-refractivity contribution < 1.29 is 4.79 Å². The summed E-state index contributed by atoms with van der Waals surface area (Å²) in [7, 11) is 3.94. The second kappa shape index (κ2) is 7.92. The molecule has 0 radical (unpaired) electrons. The number of likely N-dealkylation sites (N-methyl/N-ethyl adjacent to an activating group) is 2. The molecule has 24 heavy (non-hydrogen) atoms. The van der Waals surface area contributed by atoms with E-state index >= 15 is 0 Å². The van der Waals surface area contributed by atoms with Crippen LogP contribution < -0.4 is 4.90 Å². The molecule has 0 aliphatic carbocycles. The Hall–Kier alpha value is -1.69. The Labute approximate surface area is 145 Å². The second-order valence-electron chi connectivity index (χ2n) is 7.15. The number of hydrogen-bond acceptors (Lipinski definition) is 5. The summed E-state index contributed by atoms with van der Waals surface area (Å²) in [6.07, 6.45) is 1.96. The quantitative estimate of drug-likeness (QED) is 0.823. The van der Waals surface area contributed by atoms with Gasteiger partial charge in [0.05, 0.1) is 6.54 Å². The number of aromatic nitrogens is 2. The SMILES string of the molecule is Cc1cc(N2CCC(N(C)C(=O)CN(C)C(C)C)CC2)nc(C)n1. The van der Waals surface area contributed by atoms with Crippen LogP contribution in [0, 0.1) is 13.8 Å². The second-order valence-corrected chi connectivity index (χ2v) is 7.15. The Balaban J connectivity index is 1.91. The van der Waals surface area contributed by atoms with Crippen molar-refractivity contribution in [2.45, 2.75) is 52.6 Å². The minimum absolute atomic E-state index is 0.207. The highest BCUT2D eigenvalue weighted by Crippen LogP contribution is 2.21. The van der Waals surface area contributed by atoms with Gasteiger partial charge >= 0.3 is 0 Å². The molecular weight excluding hydrogens is 302 g/mol. The summed E-state index contributed by atoms with van der Waals surface area (Å²) < 4.78 is 0. The van der Waals surface area contributed by atoms with Crippen molar-refractivity contribution >= 4 is 11.7 Å². The van der Waals surface area contributed by atoms with Gasteiger partial charge in [0.1, 0.15) is 11.6 Å². The standard InChI is InChI=1S/C18H31N5O/c1-13(2)21(5)12-18(24)22(6)16-7-9-23(10-8-16)17-11-14(3)19-15(4)20-17/h11,13,16H,7-10,12H2,1-6H3. The first kappa shape index (κ1) is 18.6. The van der Waals surface area contributed by atoms with Gasteiger partial charge in [0, 0.05) is 44.0 Å². The third kappa shape index (κ3) is 4.66. The van der Waals surface area contributed by atoms with Gasteiger partial charge in [-0.05, 0) is 47.6 Å². The number of carbonyl (C=O) groups excluding carboxylic acids is 1. The molecule has 0 unspecified atom stereocenters. The third-order valence-corrected chi connectivity index (χ3v) is 4.95. The molecule has 134 valence electrons. The van der Waals surface area contributed by atoms with Crippen LogP contribution in [0.25, 0.3) is 0 Å². The van der Waals surface area contributed by atoms with Gasteiger partial charge in [-0.1, -0.05) is 0 Å². The summed E-state index contributed by atoms with van der Waals surface area (Å²) in [4.78, 5) is 27.7. The number of anilines is 1. The Kier molecular flexibility index (Phi) is 6.15. The van der Waals surface area contributed by atoms with Gasteiger partial charge in [-0.15, -0.1) is 0 Å². The molecular formula is C18H31N5O. The van der Waals surface area contributed by atoms with E-state index in [-0.39, 0.29) is 5.91 Å². The molecule has 1 fully saturated rings. The minimum Gasteiger partial charge on any atom is -0.356 e. The van der Waals surface area contributed by atoms with Crippen LogP contribution in [-0.2, 0) is 4.79 Å². The molecule has 6 heteroatoms. The smallest absolute Gasteiger partial charge is 0.236 e. The molecule has 0 atom stereocenters. The molecule has 1 aromatic rings. The number of amides is 1. The molecule has 0 aromatic carbocycles. The number of aryl methyl sites for hydroxylation is 2. The summed E-state index contributed by atoms with van der Waals surface area (Å²) in [6, 6.07) is 2.74. The minimum atomic E-state index is 0.207. The first-order chi connectivity index (χ1) is 11.3. The van der Waals surface area contributed by atoms with E-state index in [1.807, 2.05) is 38.9 Å².